The van der Waals surface area contributed by atoms with Gasteiger partial charge in [0.25, 0.3) is 0 Å². The lowest BCUT2D eigenvalue weighted by Crippen LogP contribution is -2.01. The Kier molecular flexibility index (Phi) is 5.18. The van der Waals surface area contributed by atoms with Gasteiger partial charge in [0.1, 0.15) is 0 Å². The molecular formula is C14H11Br2Cl2N. The molecule has 0 bridgehead atoms. The van der Waals surface area contributed by atoms with E-state index in [9.17, 15) is 0 Å². The van der Waals surface area contributed by atoms with Crippen LogP contribution in [0.4, 0.5) is 5.69 Å². The highest BCUT2D eigenvalue weighted by atomic mass is 79.9. The van der Waals surface area contributed by atoms with E-state index < -0.39 is 0 Å². The molecule has 0 amide bonds. The third-order valence-electron chi connectivity index (χ3n) is 2.70. The zero-order chi connectivity index (χ0) is 14.0. The SMILES string of the molecule is Cc1cc(CNc2c(Cl)cc(Br)cc2Cl)ccc1Br. The zero-order valence-electron chi connectivity index (χ0n) is 10.1. The summed E-state index contributed by atoms with van der Waals surface area (Å²) in [6.07, 6.45) is 0. The highest BCUT2D eigenvalue weighted by molar-refractivity contribution is 9.10. The van der Waals surface area contributed by atoms with Crippen LogP contribution in [-0.4, -0.2) is 0 Å². The molecule has 1 N–H and O–H groups in total. The van der Waals surface area contributed by atoms with Gasteiger partial charge in [-0.05, 0) is 36.2 Å². The Labute approximate surface area is 139 Å². The first-order valence-corrected chi connectivity index (χ1v) is 7.95. The average Bonchev–Trinajstić information content (AvgIpc) is 2.32. The van der Waals surface area contributed by atoms with E-state index in [1.165, 1.54) is 11.1 Å². The lowest BCUT2D eigenvalue weighted by molar-refractivity contribution is 1.14. The fourth-order valence-corrected chi connectivity index (χ4v) is 3.31. The van der Waals surface area contributed by atoms with Crippen molar-refractivity contribution in [3.8, 4) is 0 Å². The van der Waals surface area contributed by atoms with Gasteiger partial charge in [0.05, 0.1) is 15.7 Å². The largest absolute Gasteiger partial charge is 0.379 e. The molecular weight excluding hydrogens is 413 g/mol. The fourth-order valence-electron chi connectivity index (χ4n) is 1.72. The number of hydrogen-bond donors (Lipinski definition) is 1. The van der Waals surface area contributed by atoms with Crippen molar-refractivity contribution in [2.45, 2.75) is 13.5 Å². The number of hydrogen-bond acceptors (Lipinski definition) is 1. The summed E-state index contributed by atoms with van der Waals surface area (Å²) in [7, 11) is 0. The van der Waals surface area contributed by atoms with E-state index in [2.05, 4.69) is 56.2 Å². The number of rotatable bonds is 3. The van der Waals surface area contributed by atoms with Crippen LogP contribution in [0.1, 0.15) is 11.1 Å². The Balaban J connectivity index is 2.16. The summed E-state index contributed by atoms with van der Waals surface area (Å²) >= 11 is 19.2. The zero-order valence-corrected chi connectivity index (χ0v) is 14.8. The first-order valence-electron chi connectivity index (χ1n) is 5.61. The van der Waals surface area contributed by atoms with Crippen molar-refractivity contribution in [2.24, 2.45) is 0 Å². The van der Waals surface area contributed by atoms with Gasteiger partial charge in [0.15, 0.2) is 0 Å². The van der Waals surface area contributed by atoms with E-state index in [4.69, 9.17) is 23.2 Å². The van der Waals surface area contributed by atoms with E-state index in [0.29, 0.717) is 16.6 Å². The van der Waals surface area contributed by atoms with Crippen molar-refractivity contribution in [1.82, 2.24) is 0 Å². The van der Waals surface area contributed by atoms with E-state index in [1.807, 2.05) is 18.2 Å². The molecule has 0 spiro atoms. The van der Waals surface area contributed by atoms with Gasteiger partial charge in [-0.15, -0.1) is 0 Å². The molecule has 0 fully saturated rings. The van der Waals surface area contributed by atoms with E-state index >= 15 is 0 Å². The molecule has 100 valence electrons. The molecule has 2 aromatic carbocycles. The minimum atomic E-state index is 0.605. The van der Waals surface area contributed by atoms with Crippen LogP contribution in [0.15, 0.2) is 39.3 Å². The van der Waals surface area contributed by atoms with Crippen LogP contribution in [0.25, 0.3) is 0 Å². The monoisotopic (exact) mass is 421 g/mol. The van der Waals surface area contributed by atoms with E-state index in [0.717, 1.165) is 14.6 Å². The molecule has 1 nitrogen and oxygen atoms in total. The first kappa shape index (κ1) is 15.2. The quantitative estimate of drug-likeness (QED) is 0.599. The summed E-state index contributed by atoms with van der Waals surface area (Å²) in [4.78, 5) is 0. The first-order chi connectivity index (χ1) is 8.97. The van der Waals surface area contributed by atoms with Gasteiger partial charge >= 0.3 is 0 Å². The molecule has 2 rings (SSSR count). The summed E-state index contributed by atoms with van der Waals surface area (Å²) in [5.74, 6) is 0. The number of halogens is 4. The third kappa shape index (κ3) is 3.88. The standard InChI is InChI=1S/C14H11Br2Cl2N/c1-8-4-9(2-3-11(8)16)7-19-14-12(17)5-10(15)6-13(14)18/h2-6,19H,7H2,1H3. The van der Waals surface area contributed by atoms with Gasteiger partial charge in [-0.2, -0.15) is 0 Å². The summed E-state index contributed by atoms with van der Waals surface area (Å²) < 4.78 is 1.98. The van der Waals surface area contributed by atoms with Gasteiger partial charge in [-0.1, -0.05) is 67.2 Å². The smallest absolute Gasteiger partial charge is 0.0722 e. The Morgan fingerprint density at radius 3 is 2.26 bits per heavy atom. The van der Waals surface area contributed by atoms with Crippen LogP contribution in [0.5, 0.6) is 0 Å². The molecule has 5 heteroatoms. The Bertz CT molecular complexity index is 591. The highest BCUT2D eigenvalue weighted by Crippen LogP contribution is 2.34. The van der Waals surface area contributed by atoms with Gasteiger partial charge in [-0.3, -0.25) is 0 Å². The van der Waals surface area contributed by atoms with Crippen LogP contribution < -0.4 is 5.32 Å². The maximum absolute atomic E-state index is 6.17. The molecule has 0 saturated heterocycles. The maximum atomic E-state index is 6.17. The minimum absolute atomic E-state index is 0.605. The van der Waals surface area contributed by atoms with Gasteiger partial charge < -0.3 is 5.32 Å². The molecule has 19 heavy (non-hydrogen) atoms. The number of nitrogens with one attached hydrogen (secondary N) is 1. The van der Waals surface area contributed by atoms with Crippen LogP contribution in [0.2, 0.25) is 10.0 Å². The molecule has 0 aromatic heterocycles. The molecule has 2 aromatic rings. The lowest BCUT2D eigenvalue weighted by Gasteiger charge is -2.12. The summed E-state index contributed by atoms with van der Waals surface area (Å²) in [5, 5.41) is 4.48. The average molecular weight is 424 g/mol. The molecule has 0 heterocycles. The second-order valence-corrected chi connectivity index (χ2v) is 6.77. The summed E-state index contributed by atoms with van der Waals surface area (Å²) in [6.45, 7) is 2.74. The Morgan fingerprint density at radius 2 is 1.68 bits per heavy atom. The molecule has 0 atom stereocenters. The predicted molar refractivity (Wildman–Crippen MR) is 90.4 cm³/mol. The normalized spacial score (nSPS) is 10.6. The molecule has 0 unspecified atom stereocenters. The second kappa shape index (κ2) is 6.49. The van der Waals surface area contributed by atoms with Crippen molar-refractivity contribution >= 4 is 60.7 Å². The van der Waals surface area contributed by atoms with Crippen LogP contribution >= 0.6 is 55.1 Å². The van der Waals surface area contributed by atoms with Crippen molar-refractivity contribution in [3.63, 3.8) is 0 Å². The Morgan fingerprint density at radius 1 is 1.05 bits per heavy atom. The van der Waals surface area contributed by atoms with Gasteiger partial charge in [0.2, 0.25) is 0 Å². The molecule has 0 aliphatic rings. The lowest BCUT2D eigenvalue weighted by atomic mass is 10.1. The highest BCUT2D eigenvalue weighted by Gasteiger charge is 2.07. The van der Waals surface area contributed by atoms with Crippen LogP contribution in [0.3, 0.4) is 0 Å². The number of anilines is 1. The van der Waals surface area contributed by atoms with E-state index in [1.54, 1.807) is 0 Å². The van der Waals surface area contributed by atoms with Crippen molar-refractivity contribution in [2.75, 3.05) is 5.32 Å². The van der Waals surface area contributed by atoms with Crippen LogP contribution in [-0.2, 0) is 6.54 Å². The molecule has 0 aliphatic carbocycles. The van der Waals surface area contributed by atoms with Crippen molar-refractivity contribution < 1.29 is 0 Å². The fraction of sp³-hybridized carbons (Fsp3) is 0.143. The van der Waals surface area contributed by atoms with Crippen LogP contribution in [0, 0.1) is 6.92 Å². The number of aryl methyl sites for hydroxylation is 1. The summed E-state index contributed by atoms with van der Waals surface area (Å²) in [5.41, 5.74) is 3.13. The second-order valence-electron chi connectivity index (χ2n) is 4.18. The Hall–Kier alpha value is -0.220. The van der Waals surface area contributed by atoms with E-state index in [-0.39, 0.29) is 0 Å². The molecule has 0 radical (unpaired) electrons. The van der Waals surface area contributed by atoms with Gasteiger partial charge in [-0.25, -0.2) is 0 Å². The number of benzene rings is 2. The minimum Gasteiger partial charge on any atom is -0.379 e. The van der Waals surface area contributed by atoms with Crippen molar-refractivity contribution in [3.05, 3.63) is 60.4 Å². The predicted octanol–water partition coefficient (Wildman–Crippen LogP) is 6.44. The summed E-state index contributed by atoms with van der Waals surface area (Å²) in [6, 6.07) is 9.87. The maximum Gasteiger partial charge on any atom is 0.0722 e. The molecule has 0 aliphatic heterocycles. The third-order valence-corrected chi connectivity index (χ3v) is 4.64. The topological polar surface area (TPSA) is 12.0 Å². The van der Waals surface area contributed by atoms with Gasteiger partial charge in [0, 0.05) is 15.5 Å². The van der Waals surface area contributed by atoms with Crippen molar-refractivity contribution in [1.29, 1.82) is 0 Å². The molecule has 0 saturated carbocycles.